The smallest absolute Gasteiger partial charge is 0.177 e. The number of hydrogen-bond acceptors (Lipinski definition) is 6. The van der Waals surface area contributed by atoms with Crippen molar-refractivity contribution >= 4 is 0 Å². The van der Waals surface area contributed by atoms with Crippen LogP contribution < -0.4 is 0 Å². The molecule has 0 aromatic carbocycles. The standard InChI is InChI=1S/2C4H8N4.2CH4/c1-4(2)8-3-5-6-7-8;1-3(2)4-5-7-8-6-4;;/h3-4H,1-2H3;3H,1-2H3,(H,5,6,7,8);2*1H4. The van der Waals surface area contributed by atoms with Gasteiger partial charge in [-0.05, 0) is 24.3 Å². The van der Waals surface area contributed by atoms with Gasteiger partial charge in [-0.25, -0.2) is 4.68 Å². The minimum atomic E-state index is 0. The van der Waals surface area contributed by atoms with Crippen LogP contribution in [0.15, 0.2) is 6.33 Å². The second-order valence-electron chi connectivity index (χ2n) is 3.81. The zero-order valence-corrected chi connectivity index (χ0v) is 9.86. The van der Waals surface area contributed by atoms with E-state index in [1.807, 2.05) is 27.7 Å². The van der Waals surface area contributed by atoms with Crippen LogP contribution in [0.4, 0.5) is 0 Å². The maximum atomic E-state index is 3.77. The maximum absolute atomic E-state index is 3.77. The van der Waals surface area contributed by atoms with Gasteiger partial charge < -0.3 is 0 Å². The molecule has 0 aliphatic rings. The Labute approximate surface area is 108 Å². The van der Waals surface area contributed by atoms with Crippen molar-refractivity contribution in [1.29, 1.82) is 0 Å². The molecular weight excluding hydrogens is 232 g/mol. The zero-order valence-electron chi connectivity index (χ0n) is 9.86. The van der Waals surface area contributed by atoms with Crippen molar-refractivity contribution in [3.05, 3.63) is 12.2 Å². The molecule has 2 rings (SSSR count). The first kappa shape index (κ1) is 18.5. The third-order valence-electron chi connectivity index (χ3n) is 1.77. The highest BCUT2D eigenvalue weighted by Gasteiger charge is 2.00. The van der Waals surface area contributed by atoms with Crippen LogP contribution >= 0.6 is 0 Å². The predicted octanol–water partition coefficient (Wildman–Crippen LogP) is 1.85. The first-order valence-electron chi connectivity index (χ1n) is 5.07. The van der Waals surface area contributed by atoms with Gasteiger partial charge in [-0.3, -0.25) is 0 Å². The normalized spacial score (nSPS) is 9.22. The molecule has 18 heavy (non-hydrogen) atoms. The second kappa shape index (κ2) is 9.20. The molecule has 0 atom stereocenters. The molecule has 2 aromatic heterocycles. The lowest BCUT2D eigenvalue weighted by molar-refractivity contribution is 0.514. The highest BCUT2D eigenvalue weighted by molar-refractivity contribution is 4.83. The van der Waals surface area contributed by atoms with Crippen molar-refractivity contribution in [2.75, 3.05) is 0 Å². The molecule has 0 aliphatic heterocycles. The van der Waals surface area contributed by atoms with Gasteiger partial charge in [0.05, 0.1) is 0 Å². The van der Waals surface area contributed by atoms with Gasteiger partial charge in [0, 0.05) is 12.0 Å². The van der Waals surface area contributed by atoms with Gasteiger partial charge in [-0.15, -0.1) is 15.3 Å². The minimum absolute atomic E-state index is 0. The summed E-state index contributed by atoms with van der Waals surface area (Å²) in [5.41, 5.74) is 0. The average molecular weight is 256 g/mol. The van der Waals surface area contributed by atoms with E-state index in [-0.39, 0.29) is 14.9 Å². The molecule has 0 radical (unpaired) electrons. The monoisotopic (exact) mass is 256 g/mol. The largest absolute Gasteiger partial charge is 0.230 e. The Kier molecular flexibility index (Phi) is 9.46. The molecule has 0 amide bonds. The third kappa shape index (κ3) is 6.02. The van der Waals surface area contributed by atoms with E-state index in [1.165, 1.54) is 0 Å². The molecule has 0 aliphatic carbocycles. The van der Waals surface area contributed by atoms with E-state index in [2.05, 4.69) is 36.1 Å². The fraction of sp³-hybridized carbons (Fsp3) is 0.800. The highest BCUT2D eigenvalue weighted by Crippen LogP contribution is 2.03. The Morgan fingerprint density at radius 2 is 1.83 bits per heavy atom. The SMILES string of the molecule is C.C.CC(C)c1nn[nH]n1.CC(C)n1cnnn1. The molecule has 2 aromatic rings. The van der Waals surface area contributed by atoms with Crippen LogP contribution in [0.3, 0.4) is 0 Å². The van der Waals surface area contributed by atoms with Gasteiger partial charge in [0.2, 0.25) is 0 Å². The molecule has 8 nitrogen and oxygen atoms in total. The summed E-state index contributed by atoms with van der Waals surface area (Å²) in [6.07, 6.45) is 1.60. The van der Waals surface area contributed by atoms with Gasteiger partial charge in [-0.2, -0.15) is 5.21 Å². The first-order valence-corrected chi connectivity index (χ1v) is 5.07. The van der Waals surface area contributed by atoms with Crippen LogP contribution in [-0.4, -0.2) is 40.8 Å². The van der Waals surface area contributed by atoms with Crippen molar-refractivity contribution in [1.82, 2.24) is 40.8 Å². The Morgan fingerprint density at radius 3 is 2.06 bits per heavy atom. The quantitative estimate of drug-likeness (QED) is 0.880. The molecule has 0 saturated carbocycles. The Balaban J connectivity index is 0. The maximum Gasteiger partial charge on any atom is 0.177 e. The van der Waals surface area contributed by atoms with Crippen LogP contribution in [0, 0.1) is 0 Å². The van der Waals surface area contributed by atoms with Crippen molar-refractivity contribution < 1.29 is 0 Å². The van der Waals surface area contributed by atoms with Crippen molar-refractivity contribution in [2.24, 2.45) is 0 Å². The summed E-state index contributed by atoms with van der Waals surface area (Å²) in [5, 5.41) is 23.9. The Morgan fingerprint density at radius 1 is 1.17 bits per heavy atom. The zero-order chi connectivity index (χ0) is 12.0. The summed E-state index contributed by atoms with van der Waals surface area (Å²) >= 11 is 0. The fourth-order valence-electron chi connectivity index (χ4n) is 0.819. The van der Waals surface area contributed by atoms with Gasteiger partial charge in [0.15, 0.2) is 5.82 Å². The summed E-state index contributed by atoms with van der Waals surface area (Å²) in [5.74, 6) is 1.14. The molecule has 104 valence electrons. The number of H-pyrrole nitrogens is 1. The van der Waals surface area contributed by atoms with E-state index < -0.39 is 0 Å². The second-order valence-corrected chi connectivity index (χ2v) is 3.81. The predicted molar refractivity (Wildman–Crippen MR) is 69.9 cm³/mol. The molecule has 2 heterocycles. The number of tetrazole rings is 2. The van der Waals surface area contributed by atoms with E-state index in [1.54, 1.807) is 11.0 Å². The number of nitrogens with zero attached hydrogens (tertiary/aromatic N) is 7. The molecule has 0 spiro atoms. The summed E-state index contributed by atoms with van der Waals surface area (Å²) < 4.78 is 1.69. The number of aromatic nitrogens is 8. The summed E-state index contributed by atoms with van der Waals surface area (Å²) in [7, 11) is 0. The van der Waals surface area contributed by atoms with Crippen LogP contribution in [0.25, 0.3) is 0 Å². The average Bonchev–Trinajstić information content (AvgIpc) is 2.93. The van der Waals surface area contributed by atoms with Crippen molar-refractivity contribution in [2.45, 2.75) is 54.5 Å². The lowest BCUT2D eigenvalue weighted by Crippen LogP contribution is -2.00. The van der Waals surface area contributed by atoms with Gasteiger partial charge in [0.25, 0.3) is 0 Å². The van der Waals surface area contributed by atoms with Crippen LogP contribution in [0.5, 0.6) is 0 Å². The molecule has 0 fully saturated rings. The summed E-state index contributed by atoms with van der Waals surface area (Å²) in [6.45, 7) is 8.09. The van der Waals surface area contributed by atoms with E-state index in [0.717, 1.165) is 5.82 Å². The van der Waals surface area contributed by atoms with Crippen LogP contribution in [-0.2, 0) is 0 Å². The number of hydrogen-bond donors (Lipinski definition) is 1. The molecular formula is C10H24N8. The fourth-order valence-corrected chi connectivity index (χ4v) is 0.819. The van der Waals surface area contributed by atoms with Crippen molar-refractivity contribution in [3.63, 3.8) is 0 Å². The van der Waals surface area contributed by atoms with Gasteiger partial charge >= 0.3 is 0 Å². The molecule has 1 N–H and O–H groups in total. The van der Waals surface area contributed by atoms with E-state index in [9.17, 15) is 0 Å². The Bertz CT molecular complexity index is 326. The number of aromatic amines is 1. The molecule has 0 unspecified atom stereocenters. The summed E-state index contributed by atoms with van der Waals surface area (Å²) in [6, 6.07) is 0.366. The van der Waals surface area contributed by atoms with Gasteiger partial charge in [0.1, 0.15) is 6.33 Å². The van der Waals surface area contributed by atoms with Crippen LogP contribution in [0.1, 0.15) is 60.3 Å². The third-order valence-corrected chi connectivity index (χ3v) is 1.77. The number of nitrogens with one attached hydrogen (secondary N) is 1. The van der Waals surface area contributed by atoms with E-state index >= 15 is 0 Å². The topological polar surface area (TPSA) is 98.1 Å². The lowest BCUT2D eigenvalue weighted by Gasteiger charge is -1.98. The van der Waals surface area contributed by atoms with E-state index in [4.69, 9.17) is 0 Å². The first-order chi connectivity index (χ1) is 7.61. The minimum Gasteiger partial charge on any atom is -0.230 e. The van der Waals surface area contributed by atoms with Gasteiger partial charge in [-0.1, -0.05) is 33.9 Å². The van der Waals surface area contributed by atoms with Crippen LogP contribution in [0.2, 0.25) is 0 Å². The summed E-state index contributed by atoms with van der Waals surface area (Å²) in [4.78, 5) is 0. The highest BCUT2D eigenvalue weighted by atomic mass is 15.5. The number of rotatable bonds is 2. The molecule has 0 bridgehead atoms. The lowest BCUT2D eigenvalue weighted by atomic mass is 10.2. The molecule has 8 heteroatoms. The van der Waals surface area contributed by atoms with E-state index in [0.29, 0.717) is 12.0 Å². The Hall–Kier alpha value is -1.86. The van der Waals surface area contributed by atoms with Crippen molar-refractivity contribution in [3.8, 4) is 0 Å². The molecule has 0 saturated heterocycles.